The summed E-state index contributed by atoms with van der Waals surface area (Å²) in [4.78, 5) is 10.5. The number of hydrogen-bond donors (Lipinski definition) is 1. The Morgan fingerprint density at radius 3 is 2.55 bits per heavy atom. The van der Waals surface area contributed by atoms with Crippen LogP contribution in [0.1, 0.15) is 27.2 Å². The van der Waals surface area contributed by atoms with E-state index in [2.05, 4.69) is 5.32 Å². The van der Waals surface area contributed by atoms with Crippen LogP contribution in [0.5, 0.6) is 5.75 Å². The molecule has 6 heteroatoms. The molecule has 20 heavy (non-hydrogen) atoms. The minimum Gasteiger partial charge on any atom is -0.490 e. The third kappa shape index (κ3) is 4.38. The van der Waals surface area contributed by atoms with E-state index in [1.165, 1.54) is 13.2 Å². The number of nitro groups is 1. The van der Waals surface area contributed by atoms with Crippen LogP contribution in [0.2, 0.25) is 0 Å². The first-order valence-electron chi connectivity index (χ1n) is 6.43. The van der Waals surface area contributed by atoms with Gasteiger partial charge >= 0.3 is 5.69 Å². The van der Waals surface area contributed by atoms with Crippen molar-refractivity contribution in [3.05, 3.63) is 28.3 Å². The Bertz CT molecular complexity index is 474. The lowest BCUT2D eigenvalue weighted by molar-refractivity contribution is -0.385. The summed E-state index contributed by atoms with van der Waals surface area (Å²) in [6.07, 6.45) is 0.781. The first kappa shape index (κ1) is 16.2. The van der Waals surface area contributed by atoms with Crippen LogP contribution in [0, 0.1) is 10.1 Å². The molecule has 1 N–H and O–H groups in total. The van der Waals surface area contributed by atoms with Gasteiger partial charge in [-0.2, -0.15) is 0 Å². The van der Waals surface area contributed by atoms with Crippen LogP contribution >= 0.6 is 0 Å². The Hall–Kier alpha value is -1.82. The van der Waals surface area contributed by atoms with Crippen molar-refractivity contribution in [1.82, 2.24) is 0 Å². The monoisotopic (exact) mass is 282 g/mol. The fourth-order valence-corrected chi connectivity index (χ4v) is 2.08. The molecule has 1 rings (SSSR count). The predicted molar refractivity (Wildman–Crippen MR) is 78.4 cm³/mol. The summed E-state index contributed by atoms with van der Waals surface area (Å²) >= 11 is 0. The maximum absolute atomic E-state index is 11.0. The molecule has 0 aliphatic heterocycles. The lowest BCUT2D eigenvalue weighted by Crippen LogP contribution is -2.31. The minimum absolute atomic E-state index is 0.0456. The molecule has 0 aromatic heterocycles. The number of methoxy groups -OCH3 is 2. The van der Waals surface area contributed by atoms with Gasteiger partial charge in [-0.25, -0.2) is 0 Å². The van der Waals surface area contributed by atoms with Gasteiger partial charge in [0, 0.05) is 24.9 Å². The quantitative estimate of drug-likeness (QED) is 0.614. The van der Waals surface area contributed by atoms with Crippen molar-refractivity contribution in [2.75, 3.05) is 19.5 Å². The molecule has 0 heterocycles. The molecule has 6 nitrogen and oxygen atoms in total. The van der Waals surface area contributed by atoms with Crippen molar-refractivity contribution in [3.63, 3.8) is 0 Å². The lowest BCUT2D eigenvalue weighted by atomic mass is 9.99. The highest BCUT2D eigenvalue weighted by atomic mass is 16.6. The molecule has 1 aromatic carbocycles. The van der Waals surface area contributed by atoms with E-state index >= 15 is 0 Å². The summed E-state index contributed by atoms with van der Waals surface area (Å²) in [5.74, 6) is 0.255. The van der Waals surface area contributed by atoms with Gasteiger partial charge in [-0.1, -0.05) is 0 Å². The van der Waals surface area contributed by atoms with E-state index in [1.54, 1.807) is 19.2 Å². The smallest absolute Gasteiger partial charge is 0.312 e. The molecule has 0 aliphatic rings. The number of benzene rings is 1. The molecule has 1 aromatic rings. The molecule has 112 valence electrons. The Labute approximate surface area is 119 Å². The van der Waals surface area contributed by atoms with Crippen LogP contribution in [0.3, 0.4) is 0 Å². The summed E-state index contributed by atoms with van der Waals surface area (Å²) in [6.45, 7) is 6.01. The highest BCUT2D eigenvalue weighted by Crippen LogP contribution is 2.30. The summed E-state index contributed by atoms with van der Waals surface area (Å²) < 4.78 is 10.4. The highest BCUT2D eigenvalue weighted by molar-refractivity contribution is 5.58. The van der Waals surface area contributed by atoms with Crippen LogP contribution in [0.15, 0.2) is 18.2 Å². The van der Waals surface area contributed by atoms with Crippen molar-refractivity contribution in [3.8, 4) is 5.75 Å². The van der Waals surface area contributed by atoms with Crippen molar-refractivity contribution in [2.45, 2.75) is 38.8 Å². The molecule has 0 saturated heterocycles. The van der Waals surface area contributed by atoms with E-state index < -0.39 is 4.92 Å². The largest absolute Gasteiger partial charge is 0.490 e. The lowest BCUT2D eigenvalue weighted by Gasteiger charge is -2.27. The van der Waals surface area contributed by atoms with Gasteiger partial charge in [-0.3, -0.25) is 10.1 Å². The third-order valence-corrected chi connectivity index (χ3v) is 3.14. The fraction of sp³-hybridized carbons (Fsp3) is 0.571. The maximum Gasteiger partial charge on any atom is 0.312 e. The summed E-state index contributed by atoms with van der Waals surface area (Å²) in [7, 11) is 3.09. The summed E-state index contributed by atoms with van der Waals surface area (Å²) in [5, 5.41) is 14.2. The molecule has 0 saturated carbocycles. The zero-order valence-corrected chi connectivity index (χ0v) is 12.6. The average molecular weight is 282 g/mol. The SMILES string of the molecule is COc1ccc(NC(C)CC(C)(C)OC)cc1[N+](=O)[O-]. The van der Waals surface area contributed by atoms with Gasteiger partial charge in [0.2, 0.25) is 0 Å². The van der Waals surface area contributed by atoms with Gasteiger partial charge in [0.1, 0.15) is 0 Å². The standard InChI is InChI=1S/C14H22N2O4/c1-10(9-14(2,3)20-5)15-11-6-7-13(19-4)12(8-11)16(17)18/h6-8,10,15H,9H2,1-5H3. The average Bonchev–Trinajstić information content (AvgIpc) is 2.37. The predicted octanol–water partition coefficient (Wildman–Crippen LogP) is 3.22. The molecule has 0 amide bonds. The second kappa shape index (κ2) is 6.56. The van der Waals surface area contributed by atoms with E-state index in [-0.39, 0.29) is 23.1 Å². The topological polar surface area (TPSA) is 73.6 Å². The number of anilines is 1. The van der Waals surface area contributed by atoms with Gasteiger partial charge in [0.15, 0.2) is 5.75 Å². The van der Waals surface area contributed by atoms with Crippen LogP contribution in [0.25, 0.3) is 0 Å². The van der Waals surface area contributed by atoms with E-state index in [0.717, 1.165) is 6.42 Å². The molecule has 0 bridgehead atoms. The molecule has 1 unspecified atom stereocenters. The zero-order chi connectivity index (χ0) is 15.3. The van der Waals surface area contributed by atoms with Gasteiger partial charge in [0.25, 0.3) is 0 Å². The number of rotatable bonds is 7. The Kier molecular flexibility index (Phi) is 5.33. The highest BCUT2D eigenvalue weighted by Gasteiger charge is 2.21. The van der Waals surface area contributed by atoms with Crippen molar-refractivity contribution >= 4 is 11.4 Å². The number of nitrogens with one attached hydrogen (secondary N) is 1. The molecular formula is C14H22N2O4. The van der Waals surface area contributed by atoms with Gasteiger partial charge in [-0.05, 0) is 39.3 Å². The normalized spacial score (nSPS) is 12.8. The molecule has 1 atom stereocenters. The molecular weight excluding hydrogens is 260 g/mol. The van der Waals surface area contributed by atoms with Crippen LogP contribution in [-0.4, -0.2) is 30.8 Å². The summed E-state index contributed by atoms with van der Waals surface area (Å²) in [6, 6.07) is 4.96. The number of nitrogens with zero attached hydrogens (tertiary/aromatic N) is 1. The van der Waals surface area contributed by atoms with E-state index in [0.29, 0.717) is 5.69 Å². The second-order valence-electron chi connectivity index (χ2n) is 5.36. The first-order valence-corrected chi connectivity index (χ1v) is 6.43. The van der Waals surface area contributed by atoms with Gasteiger partial charge < -0.3 is 14.8 Å². The molecule has 0 fully saturated rings. The minimum atomic E-state index is -0.451. The zero-order valence-electron chi connectivity index (χ0n) is 12.6. The fourth-order valence-electron chi connectivity index (χ4n) is 2.08. The summed E-state index contributed by atoms with van der Waals surface area (Å²) in [5.41, 5.74) is 0.401. The van der Waals surface area contributed by atoms with E-state index in [9.17, 15) is 10.1 Å². The third-order valence-electron chi connectivity index (χ3n) is 3.14. The van der Waals surface area contributed by atoms with Crippen molar-refractivity contribution < 1.29 is 14.4 Å². The maximum atomic E-state index is 11.0. The first-order chi connectivity index (χ1) is 9.29. The Balaban J connectivity index is 2.83. The Morgan fingerprint density at radius 1 is 1.40 bits per heavy atom. The van der Waals surface area contributed by atoms with Gasteiger partial charge in [-0.15, -0.1) is 0 Å². The van der Waals surface area contributed by atoms with Crippen LogP contribution in [0.4, 0.5) is 11.4 Å². The van der Waals surface area contributed by atoms with E-state index in [1.807, 2.05) is 20.8 Å². The van der Waals surface area contributed by atoms with Gasteiger partial charge in [0.05, 0.1) is 17.6 Å². The van der Waals surface area contributed by atoms with Crippen molar-refractivity contribution in [1.29, 1.82) is 0 Å². The van der Waals surface area contributed by atoms with Crippen LogP contribution < -0.4 is 10.1 Å². The molecule has 0 aliphatic carbocycles. The number of ether oxygens (including phenoxy) is 2. The number of hydrogen-bond acceptors (Lipinski definition) is 5. The second-order valence-corrected chi connectivity index (χ2v) is 5.36. The van der Waals surface area contributed by atoms with E-state index in [4.69, 9.17) is 9.47 Å². The van der Waals surface area contributed by atoms with Crippen LogP contribution in [-0.2, 0) is 4.74 Å². The number of nitro benzene ring substituents is 1. The Morgan fingerprint density at radius 2 is 2.05 bits per heavy atom. The van der Waals surface area contributed by atoms with Crippen molar-refractivity contribution in [2.24, 2.45) is 0 Å². The molecule has 0 spiro atoms. The molecule has 0 radical (unpaired) electrons.